The number of hydrogen-bond donors (Lipinski definition) is 2. The van der Waals surface area contributed by atoms with E-state index in [-0.39, 0.29) is 0 Å². The summed E-state index contributed by atoms with van der Waals surface area (Å²) in [6.07, 6.45) is 0.583. The van der Waals surface area contributed by atoms with E-state index in [0.717, 1.165) is 0 Å². The Labute approximate surface area is 64.0 Å². The number of nitrogens with zero attached hydrogens (tertiary/aromatic N) is 1. The molecule has 2 N–H and O–H groups in total. The Morgan fingerprint density at radius 3 is 2.91 bits per heavy atom. The molecule has 0 aromatic heterocycles. The number of aliphatic carboxylic acids is 1. The van der Waals surface area contributed by atoms with Gasteiger partial charge in [-0.25, -0.2) is 4.79 Å². The molecular formula is C6H10N2O3. The summed E-state index contributed by atoms with van der Waals surface area (Å²) in [5.41, 5.74) is 0. The van der Waals surface area contributed by atoms with E-state index in [0.29, 0.717) is 26.0 Å². The van der Waals surface area contributed by atoms with Crippen molar-refractivity contribution in [2.45, 2.75) is 6.04 Å². The van der Waals surface area contributed by atoms with Crippen LogP contribution in [0.5, 0.6) is 0 Å². The van der Waals surface area contributed by atoms with Crippen LogP contribution in [0.15, 0.2) is 0 Å². The molecule has 1 saturated heterocycles. The van der Waals surface area contributed by atoms with E-state index in [1.54, 1.807) is 0 Å². The van der Waals surface area contributed by atoms with Crippen LogP contribution in [0.1, 0.15) is 0 Å². The Morgan fingerprint density at radius 1 is 1.73 bits per heavy atom. The van der Waals surface area contributed by atoms with Crippen molar-refractivity contribution >= 4 is 12.4 Å². The molecule has 1 aliphatic heterocycles. The van der Waals surface area contributed by atoms with E-state index in [1.165, 1.54) is 4.90 Å². The van der Waals surface area contributed by atoms with Gasteiger partial charge in [0.25, 0.3) is 0 Å². The number of carboxylic acid groups (broad SMARTS) is 1. The third kappa shape index (κ3) is 1.68. The molecule has 5 heteroatoms. The number of hydrogen-bond acceptors (Lipinski definition) is 3. The molecule has 1 amide bonds. The van der Waals surface area contributed by atoms with Crippen molar-refractivity contribution in [1.29, 1.82) is 0 Å². The van der Waals surface area contributed by atoms with Crippen LogP contribution in [0, 0.1) is 0 Å². The first-order valence-electron chi connectivity index (χ1n) is 3.40. The van der Waals surface area contributed by atoms with Gasteiger partial charge in [0.15, 0.2) is 0 Å². The van der Waals surface area contributed by atoms with Crippen LogP contribution in [-0.4, -0.2) is 48.1 Å². The summed E-state index contributed by atoms with van der Waals surface area (Å²) in [6.45, 7) is 1.48. The second-order valence-electron chi connectivity index (χ2n) is 2.40. The van der Waals surface area contributed by atoms with Crippen LogP contribution in [0.3, 0.4) is 0 Å². The number of piperazine rings is 1. The van der Waals surface area contributed by atoms with Crippen LogP contribution in [-0.2, 0) is 9.59 Å². The van der Waals surface area contributed by atoms with E-state index in [4.69, 9.17) is 5.11 Å². The number of carboxylic acids is 1. The first kappa shape index (κ1) is 8.00. The van der Waals surface area contributed by atoms with Crippen LogP contribution < -0.4 is 5.32 Å². The van der Waals surface area contributed by atoms with Gasteiger partial charge < -0.3 is 15.3 Å². The molecule has 1 heterocycles. The van der Waals surface area contributed by atoms with Crippen molar-refractivity contribution in [1.82, 2.24) is 10.2 Å². The predicted molar refractivity (Wildman–Crippen MR) is 37.1 cm³/mol. The molecule has 62 valence electrons. The van der Waals surface area contributed by atoms with E-state index in [9.17, 15) is 9.59 Å². The van der Waals surface area contributed by atoms with Gasteiger partial charge in [-0.15, -0.1) is 0 Å². The quantitative estimate of drug-likeness (QED) is 0.480. The van der Waals surface area contributed by atoms with Crippen molar-refractivity contribution < 1.29 is 14.7 Å². The van der Waals surface area contributed by atoms with Crippen molar-refractivity contribution in [2.75, 3.05) is 19.6 Å². The van der Waals surface area contributed by atoms with Crippen molar-refractivity contribution in [3.05, 3.63) is 0 Å². The smallest absolute Gasteiger partial charge is 0.327 e. The largest absolute Gasteiger partial charge is 0.480 e. The molecule has 1 rings (SSSR count). The Kier molecular flexibility index (Phi) is 2.43. The third-order valence-electron chi connectivity index (χ3n) is 1.71. The lowest BCUT2D eigenvalue weighted by atomic mass is 10.2. The van der Waals surface area contributed by atoms with Gasteiger partial charge in [0, 0.05) is 19.6 Å². The summed E-state index contributed by atoms with van der Waals surface area (Å²) in [7, 11) is 0. The van der Waals surface area contributed by atoms with Crippen LogP contribution in [0.2, 0.25) is 0 Å². The monoisotopic (exact) mass is 158 g/mol. The third-order valence-corrected chi connectivity index (χ3v) is 1.71. The molecule has 0 saturated carbocycles. The van der Waals surface area contributed by atoms with Crippen molar-refractivity contribution in [2.24, 2.45) is 0 Å². The van der Waals surface area contributed by atoms with Gasteiger partial charge in [-0.1, -0.05) is 0 Å². The minimum Gasteiger partial charge on any atom is -0.480 e. The van der Waals surface area contributed by atoms with Gasteiger partial charge in [0.1, 0.15) is 6.04 Å². The Bertz CT molecular complexity index is 171. The molecule has 11 heavy (non-hydrogen) atoms. The maximum atomic E-state index is 10.5. The lowest BCUT2D eigenvalue weighted by Gasteiger charge is -2.29. The highest BCUT2D eigenvalue weighted by Crippen LogP contribution is 1.99. The molecule has 0 aromatic carbocycles. The highest BCUT2D eigenvalue weighted by molar-refractivity contribution is 5.76. The average molecular weight is 158 g/mol. The number of carbonyl (C=O) groups excluding carboxylic acids is 1. The summed E-state index contributed by atoms with van der Waals surface area (Å²) >= 11 is 0. The van der Waals surface area contributed by atoms with Crippen LogP contribution in [0.4, 0.5) is 0 Å². The highest BCUT2D eigenvalue weighted by atomic mass is 16.4. The summed E-state index contributed by atoms with van der Waals surface area (Å²) in [4.78, 5) is 22.1. The second-order valence-corrected chi connectivity index (χ2v) is 2.40. The number of amides is 1. The fourth-order valence-electron chi connectivity index (χ4n) is 1.08. The molecule has 1 atom stereocenters. The Hall–Kier alpha value is -1.10. The molecule has 1 aliphatic rings. The predicted octanol–water partition coefficient (Wildman–Crippen LogP) is -1.50. The van der Waals surface area contributed by atoms with Gasteiger partial charge in [-0.2, -0.15) is 0 Å². The summed E-state index contributed by atoms with van der Waals surface area (Å²) < 4.78 is 0. The highest BCUT2D eigenvalue weighted by Gasteiger charge is 2.26. The Balaban J connectivity index is 2.58. The normalized spacial score (nSPS) is 24.7. The molecule has 0 spiro atoms. The van der Waals surface area contributed by atoms with Gasteiger partial charge in [0.05, 0.1) is 0 Å². The van der Waals surface area contributed by atoms with Crippen LogP contribution in [0.25, 0.3) is 0 Å². The molecule has 1 fully saturated rings. The zero-order valence-electron chi connectivity index (χ0n) is 5.99. The maximum Gasteiger partial charge on any atom is 0.327 e. The maximum absolute atomic E-state index is 10.5. The standard InChI is InChI=1S/C6H10N2O3/c9-4-8-2-1-7-3-5(8)6(10)11/h4-5,7H,1-3H2,(H,10,11). The minimum absolute atomic E-state index is 0.341. The van der Waals surface area contributed by atoms with E-state index >= 15 is 0 Å². The SMILES string of the molecule is O=CN1CCNCC1C(=O)O. The summed E-state index contributed by atoms with van der Waals surface area (Å²) in [5, 5.41) is 11.5. The lowest BCUT2D eigenvalue weighted by molar-refractivity contribution is -0.147. The zero-order valence-corrected chi connectivity index (χ0v) is 5.99. The van der Waals surface area contributed by atoms with E-state index in [2.05, 4.69) is 5.32 Å². The van der Waals surface area contributed by atoms with Gasteiger partial charge >= 0.3 is 5.97 Å². The molecule has 0 aliphatic carbocycles. The second kappa shape index (κ2) is 3.34. The first-order chi connectivity index (χ1) is 5.25. The molecule has 0 aromatic rings. The fourth-order valence-corrected chi connectivity index (χ4v) is 1.08. The molecule has 0 radical (unpaired) electrons. The van der Waals surface area contributed by atoms with Crippen LogP contribution >= 0.6 is 0 Å². The van der Waals surface area contributed by atoms with Crippen molar-refractivity contribution in [3.63, 3.8) is 0 Å². The van der Waals surface area contributed by atoms with E-state index < -0.39 is 12.0 Å². The van der Waals surface area contributed by atoms with Gasteiger partial charge in [-0.05, 0) is 0 Å². The van der Waals surface area contributed by atoms with Crippen molar-refractivity contribution in [3.8, 4) is 0 Å². The molecule has 5 nitrogen and oxygen atoms in total. The first-order valence-corrected chi connectivity index (χ1v) is 3.40. The number of nitrogens with one attached hydrogen (secondary N) is 1. The number of rotatable bonds is 2. The zero-order chi connectivity index (χ0) is 8.27. The summed E-state index contributed by atoms with van der Waals surface area (Å²) in [6, 6.07) is -0.693. The van der Waals surface area contributed by atoms with E-state index in [1.807, 2.05) is 0 Å². The Morgan fingerprint density at radius 2 is 2.45 bits per heavy atom. The average Bonchev–Trinajstić information content (AvgIpc) is 2.04. The lowest BCUT2D eigenvalue weighted by Crippen LogP contribution is -2.54. The van der Waals surface area contributed by atoms with Gasteiger partial charge in [-0.3, -0.25) is 4.79 Å². The number of carbonyl (C=O) groups is 2. The molecular weight excluding hydrogens is 148 g/mol. The molecule has 0 bridgehead atoms. The molecule has 1 unspecified atom stereocenters. The minimum atomic E-state index is -0.954. The van der Waals surface area contributed by atoms with Gasteiger partial charge in [0.2, 0.25) is 6.41 Å². The topological polar surface area (TPSA) is 69.6 Å². The fraction of sp³-hybridized carbons (Fsp3) is 0.667. The summed E-state index contributed by atoms with van der Waals surface area (Å²) in [5.74, 6) is -0.954.